The second-order valence-corrected chi connectivity index (χ2v) is 5.65. The molecule has 0 saturated heterocycles. The summed E-state index contributed by atoms with van der Waals surface area (Å²) in [4.78, 5) is 2.13. The molecule has 0 spiro atoms. The fourth-order valence-corrected chi connectivity index (χ4v) is 1.95. The van der Waals surface area contributed by atoms with Gasteiger partial charge < -0.3 is 15.0 Å². The first kappa shape index (κ1) is 14.5. The number of nitrogens with zero attached hydrogens (tertiary/aromatic N) is 1. The molecule has 3 nitrogen and oxygen atoms in total. The van der Waals surface area contributed by atoms with Crippen molar-refractivity contribution >= 4 is 0 Å². The number of hydrogen-bond acceptors (Lipinski definition) is 3. The van der Waals surface area contributed by atoms with Crippen LogP contribution in [0.15, 0.2) is 24.3 Å². The van der Waals surface area contributed by atoms with Crippen LogP contribution in [0.3, 0.4) is 0 Å². The van der Waals surface area contributed by atoms with Crippen LogP contribution in [0, 0.1) is 0 Å². The molecule has 1 aliphatic rings. The van der Waals surface area contributed by atoms with Crippen LogP contribution < -0.4 is 5.32 Å². The summed E-state index contributed by atoms with van der Waals surface area (Å²) in [6.45, 7) is 3.59. The Morgan fingerprint density at radius 3 is 2.47 bits per heavy atom. The third kappa shape index (κ3) is 6.19. The van der Waals surface area contributed by atoms with Crippen molar-refractivity contribution in [3.8, 4) is 0 Å². The van der Waals surface area contributed by atoms with Crippen molar-refractivity contribution in [1.29, 1.82) is 0 Å². The molecule has 3 heteroatoms. The Kier molecular flexibility index (Phi) is 5.83. The highest BCUT2D eigenvalue weighted by Gasteiger charge is 2.19. The summed E-state index contributed by atoms with van der Waals surface area (Å²) in [7, 11) is 4.13. The van der Waals surface area contributed by atoms with E-state index in [1.165, 1.54) is 24.0 Å². The van der Waals surface area contributed by atoms with Gasteiger partial charge in [0.2, 0.25) is 0 Å². The zero-order valence-electron chi connectivity index (χ0n) is 12.2. The van der Waals surface area contributed by atoms with Crippen LogP contribution in [0.25, 0.3) is 0 Å². The lowest BCUT2D eigenvalue weighted by Gasteiger charge is -2.10. The minimum Gasteiger partial charge on any atom is -0.375 e. The molecule has 1 aromatic carbocycles. The predicted octanol–water partition coefficient (Wildman–Crippen LogP) is 2.06. The average Bonchev–Trinajstić information content (AvgIpc) is 3.20. The molecule has 1 aromatic rings. The largest absolute Gasteiger partial charge is 0.375 e. The highest BCUT2D eigenvalue weighted by Crippen LogP contribution is 2.18. The van der Waals surface area contributed by atoms with Crippen LogP contribution in [0.4, 0.5) is 0 Å². The van der Waals surface area contributed by atoms with Gasteiger partial charge in [0.1, 0.15) is 0 Å². The Hall–Kier alpha value is -0.900. The Balaban J connectivity index is 1.62. The molecule has 1 N–H and O–H groups in total. The zero-order chi connectivity index (χ0) is 13.5. The van der Waals surface area contributed by atoms with Gasteiger partial charge in [0.05, 0.1) is 13.2 Å². The SMILES string of the molecule is CN(C)CCOCc1ccc(CCNC2CC2)cc1. The zero-order valence-corrected chi connectivity index (χ0v) is 12.2. The smallest absolute Gasteiger partial charge is 0.0717 e. The van der Waals surface area contributed by atoms with Crippen LogP contribution >= 0.6 is 0 Å². The van der Waals surface area contributed by atoms with E-state index in [-0.39, 0.29) is 0 Å². The molecule has 0 heterocycles. The van der Waals surface area contributed by atoms with Crippen LogP contribution in [0.1, 0.15) is 24.0 Å². The molecule has 1 fully saturated rings. The van der Waals surface area contributed by atoms with Crippen LogP contribution in [0.2, 0.25) is 0 Å². The molecule has 1 saturated carbocycles. The van der Waals surface area contributed by atoms with Crippen molar-refractivity contribution in [2.24, 2.45) is 0 Å². The predicted molar refractivity (Wildman–Crippen MR) is 79.4 cm³/mol. The lowest BCUT2D eigenvalue weighted by atomic mass is 10.1. The van der Waals surface area contributed by atoms with Crippen molar-refractivity contribution in [2.45, 2.75) is 31.9 Å². The molecule has 0 amide bonds. The van der Waals surface area contributed by atoms with Crippen LogP contribution in [-0.4, -0.2) is 44.7 Å². The minimum absolute atomic E-state index is 0.717. The van der Waals surface area contributed by atoms with Gasteiger partial charge in [-0.15, -0.1) is 0 Å². The quantitative estimate of drug-likeness (QED) is 0.689. The molecule has 0 aliphatic heterocycles. The summed E-state index contributed by atoms with van der Waals surface area (Å²) in [5.74, 6) is 0. The molecule has 0 aromatic heterocycles. The number of hydrogen-bond donors (Lipinski definition) is 1. The Bertz CT molecular complexity index is 358. The summed E-state index contributed by atoms with van der Waals surface area (Å²) in [6, 6.07) is 9.62. The van der Waals surface area contributed by atoms with E-state index < -0.39 is 0 Å². The molecule has 19 heavy (non-hydrogen) atoms. The van der Waals surface area contributed by atoms with Crippen molar-refractivity contribution in [1.82, 2.24) is 10.2 Å². The lowest BCUT2D eigenvalue weighted by molar-refractivity contribution is 0.105. The number of ether oxygens (including phenoxy) is 1. The van der Waals surface area contributed by atoms with E-state index in [1.807, 2.05) is 0 Å². The molecule has 106 valence electrons. The Labute approximate surface area is 116 Å². The number of nitrogens with one attached hydrogen (secondary N) is 1. The topological polar surface area (TPSA) is 24.5 Å². The van der Waals surface area contributed by atoms with Crippen molar-refractivity contribution in [2.75, 3.05) is 33.8 Å². The lowest BCUT2D eigenvalue weighted by Crippen LogP contribution is -2.19. The molecule has 0 atom stereocenters. The number of rotatable bonds is 9. The summed E-state index contributed by atoms with van der Waals surface area (Å²) < 4.78 is 5.64. The molecule has 0 radical (unpaired) electrons. The fourth-order valence-electron chi connectivity index (χ4n) is 1.95. The van der Waals surface area contributed by atoms with E-state index >= 15 is 0 Å². The van der Waals surface area contributed by atoms with Gasteiger partial charge in [0.25, 0.3) is 0 Å². The van der Waals surface area contributed by atoms with Crippen molar-refractivity contribution in [3.63, 3.8) is 0 Å². The van der Waals surface area contributed by atoms with Crippen molar-refractivity contribution in [3.05, 3.63) is 35.4 Å². The second-order valence-electron chi connectivity index (χ2n) is 5.65. The van der Waals surface area contributed by atoms with Gasteiger partial charge >= 0.3 is 0 Å². The van der Waals surface area contributed by atoms with Gasteiger partial charge in [-0.2, -0.15) is 0 Å². The van der Waals surface area contributed by atoms with E-state index in [1.54, 1.807) is 0 Å². The first-order valence-corrected chi connectivity index (χ1v) is 7.28. The molecule has 2 rings (SSSR count). The van der Waals surface area contributed by atoms with Crippen LogP contribution in [0.5, 0.6) is 0 Å². The number of likely N-dealkylation sites (N-methyl/N-ethyl adjacent to an activating group) is 1. The summed E-state index contributed by atoms with van der Waals surface area (Å²) in [5, 5.41) is 3.54. The minimum atomic E-state index is 0.717. The van der Waals surface area contributed by atoms with Gasteiger partial charge in [0.15, 0.2) is 0 Å². The molecular formula is C16H26N2O. The van der Waals surface area contributed by atoms with E-state index in [9.17, 15) is 0 Å². The normalized spacial score (nSPS) is 15.1. The molecular weight excluding hydrogens is 236 g/mol. The van der Waals surface area contributed by atoms with Crippen LogP contribution in [-0.2, 0) is 17.8 Å². The van der Waals surface area contributed by atoms with Gasteiger partial charge in [-0.25, -0.2) is 0 Å². The number of benzene rings is 1. The maximum atomic E-state index is 5.64. The van der Waals surface area contributed by atoms with Gasteiger partial charge in [-0.1, -0.05) is 24.3 Å². The molecule has 0 bridgehead atoms. The Morgan fingerprint density at radius 2 is 1.84 bits per heavy atom. The standard InChI is InChI=1S/C16H26N2O/c1-18(2)11-12-19-13-15-5-3-14(4-6-15)9-10-17-16-7-8-16/h3-6,16-17H,7-13H2,1-2H3. The molecule has 1 aliphatic carbocycles. The molecule has 0 unspecified atom stereocenters. The summed E-state index contributed by atoms with van der Waals surface area (Å²) >= 11 is 0. The first-order chi connectivity index (χ1) is 9.24. The highest BCUT2D eigenvalue weighted by atomic mass is 16.5. The van der Waals surface area contributed by atoms with Crippen molar-refractivity contribution < 1.29 is 4.74 Å². The third-order valence-corrected chi connectivity index (χ3v) is 3.40. The van der Waals surface area contributed by atoms with Gasteiger partial charge in [-0.3, -0.25) is 0 Å². The fraction of sp³-hybridized carbons (Fsp3) is 0.625. The van der Waals surface area contributed by atoms with E-state index in [4.69, 9.17) is 4.74 Å². The van der Waals surface area contributed by atoms with Gasteiger partial charge in [0, 0.05) is 12.6 Å². The summed E-state index contributed by atoms with van der Waals surface area (Å²) in [6.07, 6.45) is 3.85. The summed E-state index contributed by atoms with van der Waals surface area (Å²) in [5.41, 5.74) is 2.67. The average molecular weight is 262 g/mol. The Morgan fingerprint density at radius 1 is 1.16 bits per heavy atom. The van der Waals surface area contributed by atoms with E-state index in [2.05, 4.69) is 48.6 Å². The third-order valence-electron chi connectivity index (χ3n) is 3.40. The second kappa shape index (κ2) is 7.63. The maximum absolute atomic E-state index is 5.64. The van der Waals surface area contributed by atoms with E-state index in [0.29, 0.717) is 6.61 Å². The monoisotopic (exact) mass is 262 g/mol. The van der Waals surface area contributed by atoms with Gasteiger partial charge in [-0.05, 0) is 51.0 Å². The van der Waals surface area contributed by atoms with E-state index in [0.717, 1.165) is 32.2 Å². The highest BCUT2D eigenvalue weighted by molar-refractivity contribution is 5.22. The maximum Gasteiger partial charge on any atom is 0.0717 e. The first-order valence-electron chi connectivity index (χ1n) is 7.28.